The van der Waals surface area contributed by atoms with Gasteiger partial charge >= 0.3 is 0 Å². The van der Waals surface area contributed by atoms with Crippen LogP contribution in [0.2, 0.25) is 0 Å². The quantitative estimate of drug-likeness (QED) is 0.824. The van der Waals surface area contributed by atoms with Crippen LogP contribution in [-0.4, -0.2) is 59.1 Å². The number of hydrogen-bond donors (Lipinski definition) is 1. The fourth-order valence-electron chi connectivity index (χ4n) is 4.20. The minimum atomic E-state index is -0.363. The van der Waals surface area contributed by atoms with E-state index in [-0.39, 0.29) is 30.2 Å². The predicted molar refractivity (Wildman–Crippen MR) is 109 cm³/mol. The van der Waals surface area contributed by atoms with Gasteiger partial charge in [-0.15, -0.1) is 0 Å². The zero-order valence-electron chi connectivity index (χ0n) is 16.9. The van der Waals surface area contributed by atoms with Crippen LogP contribution in [0.3, 0.4) is 0 Å². The van der Waals surface area contributed by atoms with Gasteiger partial charge < -0.3 is 24.4 Å². The molecule has 2 atom stereocenters. The average Bonchev–Trinajstić information content (AvgIpc) is 3.34. The van der Waals surface area contributed by atoms with Crippen LogP contribution in [0.25, 0.3) is 0 Å². The Kier molecular flexibility index (Phi) is 5.53. The summed E-state index contributed by atoms with van der Waals surface area (Å²) in [5.41, 5.74) is 0.732. The molecule has 0 bridgehead atoms. The summed E-state index contributed by atoms with van der Waals surface area (Å²) in [5.74, 6) is 1.14. The van der Waals surface area contributed by atoms with Gasteiger partial charge in [-0.3, -0.25) is 9.59 Å². The number of nitrogens with one attached hydrogen (secondary N) is 1. The molecular weight excluding hydrogens is 370 g/mol. The molecule has 8 nitrogen and oxygen atoms in total. The SMILES string of the molecule is CCOc1ccccc1N1CC(C(=O)N2CCNCC2c2nccn2C)CC1=O. The van der Waals surface area contributed by atoms with E-state index in [1.165, 1.54) is 0 Å². The van der Waals surface area contributed by atoms with Crippen LogP contribution in [0.4, 0.5) is 5.69 Å². The van der Waals surface area contributed by atoms with Crippen molar-refractivity contribution in [2.75, 3.05) is 37.7 Å². The van der Waals surface area contributed by atoms with Gasteiger partial charge in [-0.25, -0.2) is 4.98 Å². The van der Waals surface area contributed by atoms with E-state index in [4.69, 9.17) is 4.74 Å². The Morgan fingerprint density at radius 1 is 1.34 bits per heavy atom. The second-order valence-corrected chi connectivity index (χ2v) is 7.45. The average molecular weight is 397 g/mol. The number of rotatable bonds is 5. The first-order valence-corrected chi connectivity index (χ1v) is 10.1. The van der Waals surface area contributed by atoms with Crippen molar-refractivity contribution in [2.45, 2.75) is 19.4 Å². The Morgan fingerprint density at radius 2 is 2.17 bits per heavy atom. The number of hydrogen-bond acceptors (Lipinski definition) is 5. The number of nitrogens with zero attached hydrogens (tertiary/aromatic N) is 4. The first kappa shape index (κ1) is 19.4. The number of para-hydroxylation sites is 2. The van der Waals surface area contributed by atoms with Crippen LogP contribution in [0.5, 0.6) is 5.75 Å². The van der Waals surface area contributed by atoms with E-state index >= 15 is 0 Å². The van der Waals surface area contributed by atoms with Crippen molar-refractivity contribution < 1.29 is 14.3 Å². The van der Waals surface area contributed by atoms with E-state index in [0.717, 1.165) is 18.1 Å². The Balaban J connectivity index is 1.54. The summed E-state index contributed by atoms with van der Waals surface area (Å²) < 4.78 is 7.63. The normalized spacial score (nSPS) is 22.2. The largest absolute Gasteiger partial charge is 0.492 e. The molecule has 2 amide bonds. The maximum absolute atomic E-state index is 13.4. The summed E-state index contributed by atoms with van der Waals surface area (Å²) in [7, 11) is 1.94. The van der Waals surface area contributed by atoms with Gasteiger partial charge in [-0.05, 0) is 19.1 Å². The number of carbonyl (C=O) groups excluding carboxylic acids is 2. The highest BCUT2D eigenvalue weighted by atomic mass is 16.5. The summed E-state index contributed by atoms with van der Waals surface area (Å²) >= 11 is 0. The maximum Gasteiger partial charge on any atom is 0.228 e. The highest BCUT2D eigenvalue weighted by Crippen LogP contribution is 2.34. The molecule has 29 heavy (non-hydrogen) atoms. The molecule has 4 rings (SSSR count). The molecule has 2 aliphatic heterocycles. The first-order valence-electron chi connectivity index (χ1n) is 10.1. The molecule has 1 aromatic carbocycles. The van der Waals surface area contributed by atoms with Crippen molar-refractivity contribution in [1.82, 2.24) is 19.8 Å². The molecule has 2 saturated heterocycles. The molecule has 154 valence electrons. The van der Waals surface area contributed by atoms with E-state index in [2.05, 4.69) is 10.3 Å². The lowest BCUT2D eigenvalue weighted by atomic mass is 10.0. The van der Waals surface area contributed by atoms with Crippen LogP contribution in [0, 0.1) is 5.92 Å². The highest BCUT2D eigenvalue weighted by Gasteiger charge is 2.41. The lowest BCUT2D eigenvalue weighted by Crippen LogP contribution is -2.51. The number of aryl methyl sites for hydroxylation is 1. The fraction of sp³-hybridized carbons (Fsp3) is 0.476. The molecule has 2 unspecified atom stereocenters. The van der Waals surface area contributed by atoms with Crippen LogP contribution < -0.4 is 15.0 Å². The third-order valence-electron chi connectivity index (χ3n) is 5.61. The van der Waals surface area contributed by atoms with Crippen molar-refractivity contribution in [3.05, 3.63) is 42.5 Å². The van der Waals surface area contributed by atoms with Crippen molar-refractivity contribution in [1.29, 1.82) is 0 Å². The lowest BCUT2D eigenvalue weighted by Gasteiger charge is -2.37. The van der Waals surface area contributed by atoms with Gasteiger partial charge in [0.2, 0.25) is 11.8 Å². The molecule has 0 spiro atoms. The topological polar surface area (TPSA) is 79.7 Å². The molecule has 2 aliphatic rings. The molecule has 1 N–H and O–H groups in total. The Bertz CT molecular complexity index is 896. The highest BCUT2D eigenvalue weighted by molar-refractivity contribution is 6.01. The molecular formula is C21H27N5O3. The van der Waals surface area contributed by atoms with Crippen molar-refractivity contribution in [3.8, 4) is 5.75 Å². The van der Waals surface area contributed by atoms with Crippen LogP contribution in [-0.2, 0) is 16.6 Å². The second-order valence-electron chi connectivity index (χ2n) is 7.45. The number of amides is 2. The van der Waals surface area contributed by atoms with Gasteiger partial charge in [-0.2, -0.15) is 0 Å². The van der Waals surface area contributed by atoms with Crippen molar-refractivity contribution in [2.24, 2.45) is 13.0 Å². The monoisotopic (exact) mass is 397 g/mol. The van der Waals surface area contributed by atoms with Gasteiger partial charge in [0.1, 0.15) is 17.6 Å². The molecule has 2 aromatic rings. The summed E-state index contributed by atoms with van der Waals surface area (Å²) in [5, 5.41) is 3.35. The first-order chi connectivity index (χ1) is 14.1. The van der Waals surface area contributed by atoms with E-state index in [1.54, 1.807) is 11.1 Å². The molecule has 0 radical (unpaired) electrons. The number of anilines is 1. The Morgan fingerprint density at radius 3 is 2.93 bits per heavy atom. The third kappa shape index (κ3) is 3.72. The zero-order chi connectivity index (χ0) is 20.4. The Hall–Kier alpha value is -2.87. The predicted octanol–water partition coefficient (Wildman–Crippen LogP) is 1.34. The molecule has 2 fully saturated rings. The molecule has 1 aromatic heterocycles. The number of aromatic nitrogens is 2. The van der Waals surface area contributed by atoms with Gasteiger partial charge in [0.05, 0.1) is 18.2 Å². The van der Waals surface area contributed by atoms with E-state index in [1.807, 2.05) is 53.9 Å². The molecule has 0 aliphatic carbocycles. The standard InChI is InChI=1S/C21H27N5O3/c1-3-29-18-7-5-4-6-16(18)26-14-15(12-19(26)27)21(28)25-11-8-22-13-17(25)20-23-9-10-24(20)2/h4-7,9-10,15,17,22H,3,8,11-14H2,1-2H3. The number of carbonyl (C=O) groups is 2. The molecule has 8 heteroatoms. The van der Waals surface area contributed by atoms with Crippen molar-refractivity contribution in [3.63, 3.8) is 0 Å². The van der Waals surface area contributed by atoms with E-state index in [9.17, 15) is 9.59 Å². The van der Waals surface area contributed by atoms with Crippen molar-refractivity contribution >= 4 is 17.5 Å². The summed E-state index contributed by atoms with van der Waals surface area (Å²) in [6, 6.07) is 7.37. The number of benzene rings is 1. The van der Waals surface area contributed by atoms with Crippen LogP contribution in [0.15, 0.2) is 36.7 Å². The van der Waals surface area contributed by atoms with E-state index in [0.29, 0.717) is 32.0 Å². The van der Waals surface area contributed by atoms with Gasteiger partial charge in [0.25, 0.3) is 0 Å². The second kappa shape index (κ2) is 8.24. The summed E-state index contributed by atoms with van der Waals surface area (Å²) in [6.45, 7) is 4.82. The number of ether oxygens (including phenoxy) is 1. The van der Waals surface area contributed by atoms with Gasteiger partial charge in [0, 0.05) is 52.0 Å². The van der Waals surface area contributed by atoms with E-state index < -0.39 is 0 Å². The minimum Gasteiger partial charge on any atom is -0.492 e. The third-order valence-corrected chi connectivity index (χ3v) is 5.61. The molecule has 3 heterocycles. The Labute approximate surface area is 170 Å². The summed E-state index contributed by atoms with van der Waals surface area (Å²) in [4.78, 5) is 34.2. The van der Waals surface area contributed by atoms with Crippen LogP contribution >= 0.6 is 0 Å². The number of imidazole rings is 1. The van der Waals surface area contributed by atoms with Crippen LogP contribution in [0.1, 0.15) is 25.2 Å². The van der Waals surface area contributed by atoms with Gasteiger partial charge in [-0.1, -0.05) is 12.1 Å². The van der Waals surface area contributed by atoms with Gasteiger partial charge in [0.15, 0.2) is 0 Å². The summed E-state index contributed by atoms with van der Waals surface area (Å²) in [6.07, 6.45) is 3.85. The smallest absolute Gasteiger partial charge is 0.228 e. The lowest BCUT2D eigenvalue weighted by molar-refractivity contribution is -0.139. The fourth-order valence-corrected chi connectivity index (χ4v) is 4.20. The maximum atomic E-state index is 13.4. The number of piperazine rings is 1. The molecule has 0 saturated carbocycles. The minimum absolute atomic E-state index is 0.0178. The zero-order valence-corrected chi connectivity index (χ0v) is 16.9.